The molecule has 2 aromatic carbocycles. The normalized spacial score (nSPS) is 20.8. The Hall–Kier alpha value is -2.30. The molecule has 0 bridgehead atoms. The van der Waals surface area contributed by atoms with Crippen LogP contribution in [0, 0.1) is 0 Å². The van der Waals surface area contributed by atoms with Crippen molar-refractivity contribution in [3.63, 3.8) is 0 Å². The fourth-order valence-electron chi connectivity index (χ4n) is 3.24. The highest BCUT2D eigenvalue weighted by Crippen LogP contribution is 2.28. The Morgan fingerprint density at radius 1 is 1.12 bits per heavy atom. The highest BCUT2D eigenvalue weighted by Gasteiger charge is 2.31. The van der Waals surface area contributed by atoms with E-state index >= 15 is 0 Å². The first-order valence-electron chi connectivity index (χ1n) is 8.29. The number of benzene rings is 2. The van der Waals surface area contributed by atoms with Crippen LogP contribution in [0.2, 0.25) is 5.02 Å². The summed E-state index contributed by atoms with van der Waals surface area (Å²) in [6.45, 7) is 3.03. The molecule has 1 fully saturated rings. The van der Waals surface area contributed by atoms with E-state index in [1.165, 1.54) is 0 Å². The van der Waals surface area contributed by atoms with Gasteiger partial charge in [-0.15, -0.1) is 0 Å². The summed E-state index contributed by atoms with van der Waals surface area (Å²) in [5.74, 6) is 0.210. The van der Waals surface area contributed by atoms with Crippen LogP contribution < -0.4 is 0 Å². The van der Waals surface area contributed by atoms with Crippen molar-refractivity contribution in [3.8, 4) is 0 Å². The predicted octanol–water partition coefficient (Wildman–Crippen LogP) is 4.69. The summed E-state index contributed by atoms with van der Waals surface area (Å²) >= 11 is 6.01. The van der Waals surface area contributed by atoms with E-state index in [4.69, 9.17) is 20.8 Å². The van der Waals surface area contributed by atoms with Gasteiger partial charge in [0.25, 0.3) is 5.91 Å². The fraction of sp³-hybridized carbons (Fsp3) is 0.250. The van der Waals surface area contributed by atoms with Gasteiger partial charge in [0.15, 0.2) is 5.76 Å². The summed E-state index contributed by atoms with van der Waals surface area (Å²) < 4.78 is 11.7. The number of halogens is 1. The average molecular weight is 356 g/mol. The molecule has 3 aromatic rings. The molecule has 0 N–H and O–H groups in total. The number of amides is 1. The second-order valence-electron chi connectivity index (χ2n) is 6.35. The predicted molar refractivity (Wildman–Crippen MR) is 96.9 cm³/mol. The van der Waals surface area contributed by atoms with E-state index in [9.17, 15) is 4.79 Å². The first-order chi connectivity index (χ1) is 12.1. The third kappa shape index (κ3) is 3.28. The van der Waals surface area contributed by atoms with Crippen molar-refractivity contribution in [2.24, 2.45) is 0 Å². The smallest absolute Gasteiger partial charge is 0.289 e. The second-order valence-corrected chi connectivity index (χ2v) is 6.79. The number of rotatable bonds is 2. The molecule has 2 heterocycles. The molecule has 128 valence electrons. The van der Waals surface area contributed by atoms with Gasteiger partial charge in [-0.3, -0.25) is 4.79 Å². The number of hydrogen-bond acceptors (Lipinski definition) is 3. The van der Waals surface area contributed by atoms with Crippen molar-refractivity contribution >= 4 is 28.5 Å². The van der Waals surface area contributed by atoms with Gasteiger partial charge in [-0.1, -0.05) is 41.9 Å². The lowest BCUT2D eigenvalue weighted by Gasteiger charge is -2.36. The summed E-state index contributed by atoms with van der Waals surface area (Å²) in [5.41, 5.74) is 1.73. The van der Waals surface area contributed by atoms with E-state index in [0.717, 1.165) is 10.9 Å². The zero-order valence-electron chi connectivity index (χ0n) is 13.8. The van der Waals surface area contributed by atoms with Crippen molar-refractivity contribution < 1.29 is 13.9 Å². The Labute approximate surface area is 150 Å². The molecule has 5 heteroatoms. The minimum absolute atomic E-state index is 0.0401. The van der Waals surface area contributed by atoms with Crippen LogP contribution in [0.5, 0.6) is 0 Å². The molecule has 25 heavy (non-hydrogen) atoms. The van der Waals surface area contributed by atoms with Crippen LogP contribution in [0.25, 0.3) is 11.0 Å². The Morgan fingerprint density at radius 2 is 1.92 bits per heavy atom. The maximum absolute atomic E-state index is 12.9. The monoisotopic (exact) mass is 355 g/mol. The van der Waals surface area contributed by atoms with Gasteiger partial charge in [-0.25, -0.2) is 0 Å². The number of carbonyl (C=O) groups is 1. The minimum atomic E-state index is -0.132. The molecule has 0 unspecified atom stereocenters. The maximum atomic E-state index is 12.9. The average Bonchev–Trinajstić information content (AvgIpc) is 3.04. The lowest BCUT2D eigenvalue weighted by atomic mass is 10.1. The summed E-state index contributed by atoms with van der Waals surface area (Å²) in [4.78, 5) is 14.7. The van der Waals surface area contributed by atoms with Crippen LogP contribution in [0.4, 0.5) is 0 Å². The van der Waals surface area contributed by atoms with Gasteiger partial charge in [0.1, 0.15) is 11.7 Å². The molecule has 1 aliphatic rings. The number of hydrogen-bond donors (Lipinski definition) is 0. The quantitative estimate of drug-likeness (QED) is 0.669. The third-order valence-corrected chi connectivity index (χ3v) is 4.64. The van der Waals surface area contributed by atoms with Gasteiger partial charge in [-0.05, 0) is 36.8 Å². The molecule has 4 rings (SSSR count). The molecular weight excluding hydrogens is 338 g/mol. The summed E-state index contributed by atoms with van der Waals surface area (Å²) in [6.07, 6.45) is -0.172. The number of carbonyl (C=O) groups excluding carboxylic acids is 1. The fourth-order valence-corrected chi connectivity index (χ4v) is 3.43. The van der Waals surface area contributed by atoms with Crippen molar-refractivity contribution in [1.82, 2.24) is 4.90 Å². The van der Waals surface area contributed by atoms with Crippen molar-refractivity contribution in [3.05, 3.63) is 70.9 Å². The largest absolute Gasteiger partial charge is 0.451 e. The van der Waals surface area contributed by atoms with Crippen LogP contribution in [0.15, 0.2) is 59.0 Å². The third-order valence-electron chi connectivity index (χ3n) is 4.41. The molecule has 1 aromatic heterocycles. The van der Waals surface area contributed by atoms with Crippen LogP contribution in [-0.2, 0) is 4.74 Å². The molecule has 0 saturated carbocycles. The van der Waals surface area contributed by atoms with Crippen molar-refractivity contribution in [2.45, 2.75) is 19.1 Å². The highest BCUT2D eigenvalue weighted by atomic mass is 35.5. The van der Waals surface area contributed by atoms with Gasteiger partial charge < -0.3 is 14.1 Å². The molecule has 0 radical (unpaired) electrons. The van der Waals surface area contributed by atoms with E-state index in [2.05, 4.69) is 0 Å². The minimum Gasteiger partial charge on any atom is -0.451 e. The van der Waals surface area contributed by atoms with E-state index < -0.39 is 0 Å². The molecular formula is C20H18ClNO3. The number of furan rings is 1. The van der Waals surface area contributed by atoms with Gasteiger partial charge in [-0.2, -0.15) is 0 Å². The highest BCUT2D eigenvalue weighted by molar-refractivity contribution is 6.31. The van der Waals surface area contributed by atoms with E-state index in [-0.39, 0.29) is 18.1 Å². The van der Waals surface area contributed by atoms with Crippen LogP contribution in [0.1, 0.15) is 29.1 Å². The zero-order chi connectivity index (χ0) is 17.4. The van der Waals surface area contributed by atoms with Gasteiger partial charge in [0.2, 0.25) is 0 Å². The first kappa shape index (κ1) is 16.2. The second kappa shape index (κ2) is 6.54. The molecule has 2 atom stereocenters. The lowest BCUT2D eigenvalue weighted by molar-refractivity contribution is -0.0697. The van der Waals surface area contributed by atoms with Gasteiger partial charge in [0.05, 0.1) is 12.6 Å². The number of fused-ring (bicyclic) bond motifs is 1. The Bertz CT molecular complexity index is 906. The Balaban J connectivity index is 1.59. The molecule has 0 spiro atoms. The van der Waals surface area contributed by atoms with E-state index in [0.29, 0.717) is 29.5 Å². The van der Waals surface area contributed by atoms with E-state index in [1.54, 1.807) is 29.2 Å². The van der Waals surface area contributed by atoms with Crippen molar-refractivity contribution in [1.29, 1.82) is 0 Å². The number of morpholine rings is 1. The zero-order valence-corrected chi connectivity index (χ0v) is 14.6. The van der Waals surface area contributed by atoms with Crippen LogP contribution in [-0.4, -0.2) is 30.0 Å². The summed E-state index contributed by atoms with van der Waals surface area (Å²) in [6, 6.07) is 17.1. The molecule has 1 aliphatic heterocycles. The van der Waals surface area contributed by atoms with Crippen molar-refractivity contribution in [2.75, 3.05) is 13.1 Å². The first-order valence-corrected chi connectivity index (χ1v) is 8.67. The number of ether oxygens (including phenoxy) is 1. The van der Waals surface area contributed by atoms with Crippen LogP contribution in [0.3, 0.4) is 0 Å². The molecule has 0 aliphatic carbocycles. The summed E-state index contributed by atoms with van der Waals surface area (Å²) in [7, 11) is 0. The molecule has 1 saturated heterocycles. The van der Waals surface area contributed by atoms with Gasteiger partial charge >= 0.3 is 0 Å². The Kier molecular flexibility index (Phi) is 4.24. The SMILES string of the molecule is C[C@@H]1CN(C(=O)c2cc3cc(Cl)ccc3o2)C[C@@H](c2ccccc2)O1. The standard InChI is InChI=1S/C20H18ClNO3/c1-13-11-22(12-19(24-13)14-5-3-2-4-6-14)20(23)18-10-15-9-16(21)7-8-17(15)25-18/h2-10,13,19H,11-12H2,1H3/t13-,19+/m1/s1. The summed E-state index contributed by atoms with van der Waals surface area (Å²) in [5, 5.41) is 1.45. The maximum Gasteiger partial charge on any atom is 0.289 e. The Morgan fingerprint density at radius 3 is 2.72 bits per heavy atom. The topological polar surface area (TPSA) is 42.7 Å². The van der Waals surface area contributed by atoms with Crippen LogP contribution >= 0.6 is 11.6 Å². The molecule has 1 amide bonds. The lowest BCUT2D eigenvalue weighted by Crippen LogP contribution is -2.45. The number of nitrogens with zero attached hydrogens (tertiary/aromatic N) is 1. The van der Waals surface area contributed by atoms with E-state index in [1.807, 2.05) is 37.3 Å². The molecule has 4 nitrogen and oxygen atoms in total. The van der Waals surface area contributed by atoms with Gasteiger partial charge in [0, 0.05) is 17.0 Å².